The van der Waals surface area contributed by atoms with Gasteiger partial charge in [-0.1, -0.05) is 51.9 Å². The molecule has 0 aromatic rings. The summed E-state index contributed by atoms with van der Waals surface area (Å²) in [5, 5.41) is 11.6. The summed E-state index contributed by atoms with van der Waals surface area (Å²) in [6.45, 7) is 4.74. The molecule has 17 heavy (non-hydrogen) atoms. The van der Waals surface area contributed by atoms with Crippen molar-refractivity contribution >= 4 is 35.5 Å². The van der Waals surface area contributed by atoms with Crippen LogP contribution >= 0.6 is 0 Å². The van der Waals surface area contributed by atoms with Crippen molar-refractivity contribution in [2.45, 2.75) is 71.3 Å². The molecule has 0 saturated carbocycles. The normalized spacial score (nSPS) is 11.9. The van der Waals surface area contributed by atoms with Gasteiger partial charge < -0.3 is 10.4 Å². The second-order valence-electron chi connectivity index (χ2n) is 4.49. The number of aliphatic carboxylic acids is 1. The summed E-state index contributed by atoms with van der Waals surface area (Å²) in [5.41, 5.74) is 0. The Labute approximate surface area is 128 Å². The molecule has 0 aromatic carbocycles. The van der Waals surface area contributed by atoms with Gasteiger partial charge in [-0.15, -0.1) is 0 Å². The first kappa shape index (κ1) is 19.8. The molecule has 2 N–H and O–H groups in total. The number of carboxylic acid groups (broad SMARTS) is 1. The molecule has 0 aliphatic heterocycles. The van der Waals surface area contributed by atoms with E-state index < -0.39 is 12.0 Å². The first-order valence-corrected chi connectivity index (χ1v) is 6.64. The van der Waals surface area contributed by atoms with Crippen molar-refractivity contribution in [3.8, 4) is 0 Å². The second-order valence-corrected chi connectivity index (χ2v) is 4.49. The van der Waals surface area contributed by atoms with Crippen LogP contribution in [0.3, 0.4) is 0 Å². The molecule has 3 nitrogen and oxygen atoms in total. The Balaban J connectivity index is 0. The Morgan fingerprint density at radius 3 is 2.00 bits per heavy atom. The zero-order valence-corrected chi connectivity index (χ0v) is 10.8. The first-order valence-electron chi connectivity index (χ1n) is 6.64. The number of nitrogens with one attached hydrogen (secondary N) is 1. The van der Waals surface area contributed by atoms with E-state index in [1.54, 1.807) is 6.92 Å². The van der Waals surface area contributed by atoms with Crippen LogP contribution in [0, 0.1) is 0 Å². The maximum absolute atomic E-state index is 10.5. The monoisotopic (exact) mass is 253 g/mol. The number of carbonyl (C=O) groups is 1. The standard InChI is InChI=1S/C13H27NO2.Na.H/c1-3-4-5-6-7-8-9-10-11-14-12(2)13(15)16;;/h12,14H,3-11H2,1-2H3,(H,15,16);;/t12-;;/m0../s1. The van der Waals surface area contributed by atoms with Crippen LogP contribution in [-0.4, -0.2) is 53.2 Å². The molecule has 0 aliphatic carbocycles. The number of hydrogen-bond donors (Lipinski definition) is 2. The summed E-state index contributed by atoms with van der Waals surface area (Å²) in [6, 6.07) is -0.412. The summed E-state index contributed by atoms with van der Waals surface area (Å²) < 4.78 is 0. The van der Waals surface area contributed by atoms with Crippen LogP contribution in [0.2, 0.25) is 0 Å². The zero-order chi connectivity index (χ0) is 12.2. The molecular formula is C13H28NNaO2. The van der Waals surface area contributed by atoms with E-state index in [1.807, 2.05) is 0 Å². The van der Waals surface area contributed by atoms with Crippen LogP contribution in [0.1, 0.15) is 65.2 Å². The van der Waals surface area contributed by atoms with E-state index in [1.165, 1.54) is 44.9 Å². The van der Waals surface area contributed by atoms with Gasteiger partial charge >= 0.3 is 35.5 Å². The van der Waals surface area contributed by atoms with Gasteiger partial charge in [0.15, 0.2) is 0 Å². The average Bonchev–Trinajstić information content (AvgIpc) is 2.26. The summed E-state index contributed by atoms with van der Waals surface area (Å²) in [5.74, 6) is -0.764. The van der Waals surface area contributed by atoms with Crippen LogP contribution in [-0.2, 0) is 4.79 Å². The third-order valence-electron chi connectivity index (χ3n) is 2.85. The van der Waals surface area contributed by atoms with E-state index in [9.17, 15) is 4.79 Å². The molecule has 0 heterocycles. The van der Waals surface area contributed by atoms with E-state index in [2.05, 4.69) is 12.2 Å². The molecular weight excluding hydrogens is 225 g/mol. The SMILES string of the molecule is CCCCCCCCCCN[C@@H](C)C(=O)O.[NaH]. The molecule has 0 aliphatic rings. The Hall–Kier alpha value is 0.430. The van der Waals surface area contributed by atoms with Crippen molar-refractivity contribution in [1.29, 1.82) is 0 Å². The average molecular weight is 253 g/mol. The molecule has 98 valence electrons. The molecule has 0 radical (unpaired) electrons. The van der Waals surface area contributed by atoms with Crippen LogP contribution in [0.25, 0.3) is 0 Å². The Morgan fingerprint density at radius 1 is 1.06 bits per heavy atom. The fraction of sp³-hybridized carbons (Fsp3) is 0.923. The number of unbranched alkanes of at least 4 members (excludes halogenated alkanes) is 7. The zero-order valence-electron chi connectivity index (χ0n) is 10.8. The van der Waals surface area contributed by atoms with Crippen LogP contribution < -0.4 is 5.32 Å². The molecule has 0 amide bonds. The van der Waals surface area contributed by atoms with Crippen molar-refractivity contribution in [3.05, 3.63) is 0 Å². The summed E-state index contributed by atoms with van der Waals surface area (Å²) >= 11 is 0. The van der Waals surface area contributed by atoms with Gasteiger partial charge in [0, 0.05) is 0 Å². The molecule has 0 unspecified atom stereocenters. The minimum atomic E-state index is -0.764. The Kier molecular flexibility index (Phi) is 16.8. The van der Waals surface area contributed by atoms with Crippen molar-refractivity contribution in [1.82, 2.24) is 5.32 Å². The third-order valence-corrected chi connectivity index (χ3v) is 2.85. The van der Waals surface area contributed by atoms with Gasteiger partial charge in [0.25, 0.3) is 0 Å². The van der Waals surface area contributed by atoms with Crippen LogP contribution in [0.15, 0.2) is 0 Å². The summed E-state index contributed by atoms with van der Waals surface area (Å²) in [4.78, 5) is 10.5. The predicted molar refractivity (Wildman–Crippen MR) is 74.9 cm³/mol. The van der Waals surface area contributed by atoms with E-state index >= 15 is 0 Å². The van der Waals surface area contributed by atoms with Gasteiger partial charge in [0.1, 0.15) is 6.04 Å². The summed E-state index contributed by atoms with van der Waals surface area (Å²) in [6.07, 6.45) is 10.3. The molecule has 0 fully saturated rings. The quantitative estimate of drug-likeness (QED) is 0.439. The third kappa shape index (κ3) is 14.4. The second kappa shape index (κ2) is 14.5. The molecule has 0 saturated heterocycles. The Bertz CT molecular complexity index is 177. The van der Waals surface area contributed by atoms with E-state index in [-0.39, 0.29) is 29.6 Å². The van der Waals surface area contributed by atoms with Gasteiger partial charge in [-0.3, -0.25) is 4.79 Å². The summed E-state index contributed by atoms with van der Waals surface area (Å²) in [7, 11) is 0. The van der Waals surface area contributed by atoms with Gasteiger partial charge in [-0.2, -0.15) is 0 Å². The predicted octanol–water partition coefficient (Wildman–Crippen LogP) is 2.54. The topological polar surface area (TPSA) is 49.3 Å². The van der Waals surface area contributed by atoms with Gasteiger partial charge in [-0.05, 0) is 19.9 Å². The molecule has 4 heteroatoms. The van der Waals surface area contributed by atoms with Crippen LogP contribution in [0.5, 0.6) is 0 Å². The fourth-order valence-corrected chi connectivity index (χ4v) is 1.66. The van der Waals surface area contributed by atoms with Crippen LogP contribution in [0.4, 0.5) is 0 Å². The van der Waals surface area contributed by atoms with Gasteiger partial charge in [-0.25, -0.2) is 0 Å². The molecule has 0 spiro atoms. The van der Waals surface area contributed by atoms with Crippen molar-refractivity contribution in [3.63, 3.8) is 0 Å². The van der Waals surface area contributed by atoms with Gasteiger partial charge in [0.2, 0.25) is 0 Å². The molecule has 1 atom stereocenters. The van der Waals surface area contributed by atoms with E-state index in [4.69, 9.17) is 5.11 Å². The maximum atomic E-state index is 10.5. The molecule has 0 bridgehead atoms. The molecule has 0 rings (SSSR count). The minimum absolute atomic E-state index is 0. The first-order chi connectivity index (χ1) is 7.68. The fourth-order valence-electron chi connectivity index (χ4n) is 1.66. The van der Waals surface area contributed by atoms with Crippen molar-refractivity contribution in [2.75, 3.05) is 6.54 Å². The number of carboxylic acids is 1. The Morgan fingerprint density at radius 2 is 1.53 bits per heavy atom. The number of hydrogen-bond acceptors (Lipinski definition) is 2. The van der Waals surface area contributed by atoms with Crippen molar-refractivity contribution in [2.24, 2.45) is 0 Å². The number of rotatable bonds is 11. The van der Waals surface area contributed by atoms with E-state index in [0.29, 0.717) is 0 Å². The van der Waals surface area contributed by atoms with Gasteiger partial charge in [0.05, 0.1) is 0 Å². The van der Waals surface area contributed by atoms with E-state index in [0.717, 1.165) is 13.0 Å². The van der Waals surface area contributed by atoms with Crippen molar-refractivity contribution < 1.29 is 9.90 Å². The molecule has 0 aromatic heterocycles.